The van der Waals surface area contributed by atoms with Crippen LogP contribution in [-0.2, 0) is 10.0 Å². The zero-order chi connectivity index (χ0) is 18.8. The van der Waals surface area contributed by atoms with Crippen molar-refractivity contribution in [3.63, 3.8) is 0 Å². The van der Waals surface area contributed by atoms with E-state index in [1.807, 2.05) is 0 Å². The summed E-state index contributed by atoms with van der Waals surface area (Å²) in [5.41, 5.74) is 7.27. The van der Waals surface area contributed by atoms with E-state index in [2.05, 4.69) is 5.32 Å². The van der Waals surface area contributed by atoms with Gasteiger partial charge in [-0.1, -0.05) is 12.1 Å². The van der Waals surface area contributed by atoms with E-state index in [1.165, 1.54) is 19.2 Å². The third kappa shape index (κ3) is 4.16. The molecule has 2 aromatic carbocycles. The number of nitrogens with two attached hydrogens (primary N) is 1. The van der Waals surface area contributed by atoms with Gasteiger partial charge in [0.05, 0.1) is 23.2 Å². The number of carbonyl (C=O) groups is 2. The van der Waals surface area contributed by atoms with Gasteiger partial charge >= 0.3 is 0 Å². The number of sulfonamides is 1. The summed E-state index contributed by atoms with van der Waals surface area (Å²) >= 11 is 0. The molecule has 0 spiro atoms. The molecule has 0 saturated heterocycles. The smallest absolute Gasteiger partial charge is 0.255 e. The normalized spacial score (nSPS) is 11.0. The molecule has 8 heteroatoms. The minimum absolute atomic E-state index is 0.209. The molecule has 2 amide bonds. The van der Waals surface area contributed by atoms with Crippen molar-refractivity contribution < 1.29 is 18.0 Å². The van der Waals surface area contributed by atoms with Gasteiger partial charge in [-0.2, -0.15) is 0 Å². The van der Waals surface area contributed by atoms with Gasteiger partial charge in [-0.25, -0.2) is 8.42 Å². The maximum atomic E-state index is 12.4. The molecule has 0 atom stereocenters. The molecule has 0 heterocycles. The number of amides is 2. The summed E-state index contributed by atoms with van der Waals surface area (Å²) in [5.74, 6) is -1.07. The third-order valence-electron chi connectivity index (χ3n) is 3.74. The summed E-state index contributed by atoms with van der Waals surface area (Å²) < 4.78 is 24.4. The van der Waals surface area contributed by atoms with Crippen LogP contribution in [0.1, 0.15) is 26.3 Å². The molecule has 0 aliphatic carbocycles. The summed E-state index contributed by atoms with van der Waals surface area (Å²) in [6.45, 7) is 1.71. The number of para-hydroxylation sites is 1. The number of hydrogen-bond donors (Lipinski definition) is 2. The molecule has 2 rings (SSSR count). The van der Waals surface area contributed by atoms with Gasteiger partial charge in [0.25, 0.3) is 11.8 Å². The fraction of sp³-hybridized carbons (Fsp3) is 0.176. The number of aryl methyl sites for hydroxylation is 1. The van der Waals surface area contributed by atoms with Crippen molar-refractivity contribution >= 4 is 33.2 Å². The van der Waals surface area contributed by atoms with Crippen LogP contribution in [0.3, 0.4) is 0 Å². The van der Waals surface area contributed by atoms with Crippen LogP contribution in [-0.4, -0.2) is 33.5 Å². The van der Waals surface area contributed by atoms with Gasteiger partial charge in [0.15, 0.2) is 0 Å². The van der Waals surface area contributed by atoms with Crippen LogP contribution in [0.5, 0.6) is 0 Å². The molecule has 2 aromatic rings. The molecule has 0 fully saturated rings. The van der Waals surface area contributed by atoms with Crippen molar-refractivity contribution in [3.8, 4) is 0 Å². The van der Waals surface area contributed by atoms with E-state index in [1.54, 1.807) is 37.3 Å². The van der Waals surface area contributed by atoms with E-state index in [0.29, 0.717) is 22.5 Å². The SMILES string of the molecule is Cc1cc(C(=O)Nc2ccccc2C(N)=O)ccc1N(C)S(C)(=O)=O. The molecular formula is C17H19N3O4S. The number of hydrogen-bond acceptors (Lipinski definition) is 4. The largest absolute Gasteiger partial charge is 0.366 e. The van der Waals surface area contributed by atoms with Crippen LogP contribution >= 0.6 is 0 Å². The topological polar surface area (TPSA) is 110 Å². The number of primary amides is 1. The summed E-state index contributed by atoms with van der Waals surface area (Å²) in [6.07, 6.45) is 1.10. The molecule has 0 radical (unpaired) electrons. The van der Waals surface area contributed by atoms with Gasteiger partial charge in [-0.05, 0) is 42.8 Å². The summed E-state index contributed by atoms with van der Waals surface area (Å²) in [4.78, 5) is 23.8. The molecule has 0 aromatic heterocycles. The monoisotopic (exact) mass is 361 g/mol. The van der Waals surface area contributed by atoms with Crippen molar-refractivity contribution in [1.82, 2.24) is 0 Å². The van der Waals surface area contributed by atoms with Gasteiger partial charge in [-0.3, -0.25) is 13.9 Å². The number of anilines is 2. The van der Waals surface area contributed by atoms with E-state index >= 15 is 0 Å². The van der Waals surface area contributed by atoms with E-state index in [-0.39, 0.29) is 5.56 Å². The molecule has 7 nitrogen and oxygen atoms in total. The minimum Gasteiger partial charge on any atom is -0.366 e. The number of nitrogens with one attached hydrogen (secondary N) is 1. The predicted octanol–water partition coefficient (Wildman–Crippen LogP) is 1.74. The molecule has 25 heavy (non-hydrogen) atoms. The third-order valence-corrected chi connectivity index (χ3v) is 4.93. The Labute approximate surface area is 146 Å². The second-order valence-corrected chi connectivity index (χ2v) is 7.61. The maximum absolute atomic E-state index is 12.4. The average molecular weight is 361 g/mol. The first-order chi connectivity index (χ1) is 11.6. The molecule has 3 N–H and O–H groups in total. The first kappa shape index (κ1) is 18.5. The van der Waals surface area contributed by atoms with Crippen LogP contribution in [0.2, 0.25) is 0 Å². The Kier molecular flexibility index (Phi) is 5.13. The van der Waals surface area contributed by atoms with E-state index in [9.17, 15) is 18.0 Å². The first-order valence-electron chi connectivity index (χ1n) is 7.36. The number of rotatable bonds is 5. The molecule has 0 aliphatic heterocycles. The Bertz CT molecular complexity index is 939. The Balaban J connectivity index is 2.30. The van der Waals surface area contributed by atoms with Crippen LogP contribution in [0, 0.1) is 6.92 Å². The zero-order valence-electron chi connectivity index (χ0n) is 14.1. The van der Waals surface area contributed by atoms with Crippen molar-refractivity contribution in [2.24, 2.45) is 5.73 Å². The lowest BCUT2D eigenvalue weighted by Crippen LogP contribution is -2.25. The summed E-state index contributed by atoms with van der Waals surface area (Å²) in [5, 5.41) is 2.64. The van der Waals surface area contributed by atoms with Crippen LogP contribution in [0.25, 0.3) is 0 Å². The van der Waals surface area contributed by atoms with Crippen molar-refractivity contribution in [1.29, 1.82) is 0 Å². The highest BCUT2D eigenvalue weighted by molar-refractivity contribution is 7.92. The highest BCUT2D eigenvalue weighted by atomic mass is 32.2. The molecular weight excluding hydrogens is 342 g/mol. The van der Waals surface area contributed by atoms with Gasteiger partial charge < -0.3 is 11.1 Å². The Morgan fingerprint density at radius 1 is 1.12 bits per heavy atom. The summed E-state index contributed by atoms with van der Waals surface area (Å²) in [6, 6.07) is 11.1. The Hall–Kier alpha value is -2.87. The van der Waals surface area contributed by atoms with Crippen LogP contribution < -0.4 is 15.4 Å². The molecule has 0 saturated carbocycles. The van der Waals surface area contributed by atoms with Gasteiger partial charge in [0.2, 0.25) is 10.0 Å². The zero-order valence-corrected chi connectivity index (χ0v) is 14.9. The fourth-order valence-corrected chi connectivity index (χ4v) is 2.89. The fourth-order valence-electron chi connectivity index (χ4n) is 2.33. The lowest BCUT2D eigenvalue weighted by Gasteiger charge is -2.19. The predicted molar refractivity (Wildman–Crippen MR) is 97.3 cm³/mol. The molecule has 0 aliphatic rings. The lowest BCUT2D eigenvalue weighted by atomic mass is 10.1. The van der Waals surface area contributed by atoms with Crippen molar-refractivity contribution in [3.05, 3.63) is 59.2 Å². The minimum atomic E-state index is -3.39. The average Bonchev–Trinajstić information content (AvgIpc) is 2.53. The number of nitrogens with zero attached hydrogens (tertiary/aromatic N) is 1. The quantitative estimate of drug-likeness (QED) is 0.845. The second kappa shape index (κ2) is 6.94. The number of carbonyl (C=O) groups excluding carboxylic acids is 2. The Morgan fingerprint density at radius 2 is 1.76 bits per heavy atom. The van der Waals surface area contributed by atoms with Crippen LogP contribution in [0.15, 0.2) is 42.5 Å². The molecule has 0 bridgehead atoms. The number of benzene rings is 2. The van der Waals surface area contributed by atoms with Gasteiger partial charge in [0, 0.05) is 12.6 Å². The first-order valence-corrected chi connectivity index (χ1v) is 9.21. The lowest BCUT2D eigenvalue weighted by molar-refractivity contribution is 0.100. The maximum Gasteiger partial charge on any atom is 0.255 e. The van der Waals surface area contributed by atoms with Crippen molar-refractivity contribution in [2.75, 3.05) is 22.9 Å². The van der Waals surface area contributed by atoms with E-state index < -0.39 is 21.8 Å². The van der Waals surface area contributed by atoms with Gasteiger partial charge in [-0.15, -0.1) is 0 Å². The van der Waals surface area contributed by atoms with E-state index in [4.69, 9.17) is 5.73 Å². The summed E-state index contributed by atoms with van der Waals surface area (Å²) in [7, 11) is -1.95. The standard InChI is InChI=1S/C17H19N3O4S/c1-11-10-12(8-9-15(11)20(2)25(3,23)24)17(22)19-14-7-5-4-6-13(14)16(18)21/h4-10H,1-3H3,(H2,18,21)(H,19,22). The second-order valence-electron chi connectivity index (χ2n) is 5.60. The van der Waals surface area contributed by atoms with Crippen LogP contribution in [0.4, 0.5) is 11.4 Å². The highest BCUT2D eigenvalue weighted by Crippen LogP contribution is 2.23. The highest BCUT2D eigenvalue weighted by Gasteiger charge is 2.17. The molecule has 132 valence electrons. The van der Waals surface area contributed by atoms with Crippen molar-refractivity contribution in [2.45, 2.75) is 6.92 Å². The van der Waals surface area contributed by atoms with Gasteiger partial charge in [0.1, 0.15) is 0 Å². The molecule has 0 unspecified atom stereocenters. The Morgan fingerprint density at radius 3 is 2.32 bits per heavy atom. The van der Waals surface area contributed by atoms with E-state index in [0.717, 1.165) is 10.6 Å².